The summed E-state index contributed by atoms with van der Waals surface area (Å²) >= 11 is 3.40. The first-order chi connectivity index (χ1) is 11.7. The number of amides is 1. The Bertz CT molecular complexity index is 773. The summed E-state index contributed by atoms with van der Waals surface area (Å²) in [5.74, 6) is -0.0293. The highest BCUT2D eigenvalue weighted by Gasteiger charge is 2.16. The Morgan fingerprint density at radius 2 is 1.71 bits per heavy atom. The molecule has 0 saturated carbocycles. The number of hydrogen-bond acceptors (Lipinski definition) is 3. The summed E-state index contributed by atoms with van der Waals surface area (Å²) < 4.78 is 0.999. The summed E-state index contributed by atoms with van der Waals surface area (Å²) in [4.78, 5) is 14.0. The largest absolute Gasteiger partial charge is 0.347 e. The van der Waals surface area contributed by atoms with Gasteiger partial charge < -0.3 is 5.32 Å². The molecule has 5 nitrogen and oxygen atoms in total. The van der Waals surface area contributed by atoms with E-state index in [0.717, 1.165) is 15.6 Å². The zero-order chi connectivity index (χ0) is 16.8. The predicted octanol–water partition coefficient (Wildman–Crippen LogP) is 3.14. The van der Waals surface area contributed by atoms with Gasteiger partial charge in [-0.1, -0.05) is 58.4 Å². The van der Waals surface area contributed by atoms with E-state index in [1.54, 1.807) is 17.2 Å². The van der Waals surface area contributed by atoms with Crippen LogP contribution in [0.5, 0.6) is 0 Å². The average molecular weight is 385 g/mol. The molecule has 1 heterocycles. The molecule has 0 aliphatic carbocycles. The summed E-state index contributed by atoms with van der Waals surface area (Å²) in [5.41, 5.74) is 2.00. The second-order valence-corrected chi connectivity index (χ2v) is 6.33. The van der Waals surface area contributed by atoms with Gasteiger partial charge in [-0.25, -0.2) is 0 Å². The summed E-state index contributed by atoms with van der Waals surface area (Å²) in [6.45, 7) is 0.489. The second kappa shape index (κ2) is 7.88. The first kappa shape index (κ1) is 16.4. The first-order valence-electron chi connectivity index (χ1n) is 7.63. The number of carbonyl (C=O) groups is 1. The number of benzene rings is 2. The third-order valence-electron chi connectivity index (χ3n) is 3.63. The molecule has 0 radical (unpaired) electrons. The van der Waals surface area contributed by atoms with E-state index in [1.807, 2.05) is 54.6 Å². The van der Waals surface area contributed by atoms with Crippen molar-refractivity contribution in [1.29, 1.82) is 0 Å². The van der Waals surface area contributed by atoms with Crippen LogP contribution >= 0.6 is 15.9 Å². The van der Waals surface area contributed by atoms with Gasteiger partial charge in [0, 0.05) is 4.47 Å². The maximum atomic E-state index is 12.4. The van der Waals surface area contributed by atoms with E-state index in [9.17, 15) is 4.79 Å². The summed E-state index contributed by atoms with van der Waals surface area (Å²) in [7, 11) is 0. The molecule has 1 aromatic heterocycles. The zero-order valence-corrected chi connectivity index (χ0v) is 14.6. The van der Waals surface area contributed by atoms with Crippen molar-refractivity contribution in [2.45, 2.75) is 19.0 Å². The van der Waals surface area contributed by atoms with E-state index < -0.39 is 0 Å². The second-order valence-electron chi connectivity index (χ2n) is 5.42. The topological polar surface area (TPSA) is 59.8 Å². The number of nitrogens with one attached hydrogen (secondary N) is 1. The molecule has 0 spiro atoms. The van der Waals surface area contributed by atoms with Gasteiger partial charge in [-0.05, 0) is 23.3 Å². The van der Waals surface area contributed by atoms with Crippen molar-refractivity contribution >= 4 is 21.8 Å². The van der Waals surface area contributed by atoms with Gasteiger partial charge in [0.1, 0.15) is 0 Å². The van der Waals surface area contributed by atoms with Crippen molar-refractivity contribution in [3.8, 4) is 0 Å². The van der Waals surface area contributed by atoms with Crippen LogP contribution in [0, 0.1) is 0 Å². The monoisotopic (exact) mass is 384 g/mol. The van der Waals surface area contributed by atoms with E-state index in [2.05, 4.69) is 31.4 Å². The Kier molecular flexibility index (Phi) is 5.38. The number of nitrogens with zero attached hydrogens (tertiary/aromatic N) is 3. The fourth-order valence-corrected chi connectivity index (χ4v) is 2.72. The third-order valence-corrected chi connectivity index (χ3v) is 4.16. The highest BCUT2D eigenvalue weighted by Crippen LogP contribution is 2.15. The van der Waals surface area contributed by atoms with Crippen LogP contribution in [0.15, 0.2) is 71.5 Å². The van der Waals surface area contributed by atoms with Crippen LogP contribution in [0.25, 0.3) is 0 Å². The predicted molar refractivity (Wildman–Crippen MR) is 95.2 cm³/mol. The molecule has 6 heteroatoms. The smallest absolute Gasteiger partial charge is 0.224 e. The Labute approximate surface area is 148 Å². The fourth-order valence-electron chi connectivity index (χ4n) is 2.45. The van der Waals surface area contributed by atoms with Crippen molar-refractivity contribution in [2.24, 2.45) is 0 Å². The lowest BCUT2D eigenvalue weighted by Gasteiger charge is -2.19. The van der Waals surface area contributed by atoms with Gasteiger partial charge in [0.05, 0.1) is 31.4 Å². The highest BCUT2D eigenvalue weighted by atomic mass is 79.9. The normalized spacial score (nSPS) is 11.9. The minimum absolute atomic E-state index is 0.0293. The molecule has 0 fully saturated rings. The SMILES string of the molecule is O=C(Cc1ccc(Br)cc1)NC(Cn1nccn1)c1ccccc1. The quantitative estimate of drug-likeness (QED) is 0.709. The van der Waals surface area contributed by atoms with E-state index in [1.165, 1.54) is 0 Å². The van der Waals surface area contributed by atoms with E-state index in [-0.39, 0.29) is 11.9 Å². The summed E-state index contributed by atoms with van der Waals surface area (Å²) in [6, 6.07) is 17.4. The van der Waals surface area contributed by atoms with Crippen LogP contribution in [0.3, 0.4) is 0 Å². The first-order valence-corrected chi connectivity index (χ1v) is 8.43. The standard InChI is InChI=1S/C18H17BrN4O/c19-16-8-6-14(7-9-16)12-18(24)22-17(13-23-20-10-11-21-23)15-4-2-1-3-5-15/h1-11,17H,12-13H2,(H,22,24). The molecule has 0 saturated heterocycles. The molecule has 3 rings (SSSR count). The Morgan fingerprint density at radius 3 is 2.38 bits per heavy atom. The van der Waals surface area contributed by atoms with Gasteiger partial charge in [0.25, 0.3) is 0 Å². The molecule has 3 aromatic rings. The molecule has 1 unspecified atom stereocenters. The number of carbonyl (C=O) groups excluding carboxylic acids is 1. The zero-order valence-electron chi connectivity index (χ0n) is 13.0. The lowest BCUT2D eigenvalue weighted by atomic mass is 10.1. The maximum absolute atomic E-state index is 12.4. The van der Waals surface area contributed by atoms with Crippen LogP contribution in [0.1, 0.15) is 17.2 Å². The minimum atomic E-state index is -0.179. The molecular weight excluding hydrogens is 368 g/mol. The van der Waals surface area contributed by atoms with Crippen molar-refractivity contribution in [1.82, 2.24) is 20.3 Å². The number of rotatable bonds is 6. The average Bonchev–Trinajstić information content (AvgIpc) is 3.10. The van der Waals surface area contributed by atoms with Gasteiger partial charge in [0.15, 0.2) is 0 Å². The molecule has 0 bridgehead atoms. The molecule has 1 N–H and O–H groups in total. The van der Waals surface area contributed by atoms with Gasteiger partial charge in [0.2, 0.25) is 5.91 Å². The van der Waals surface area contributed by atoms with Crippen molar-refractivity contribution in [3.63, 3.8) is 0 Å². The van der Waals surface area contributed by atoms with Crippen LogP contribution < -0.4 is 5.32 Å². The van der Waals surface area contributed by atoms with Crippen LogP contribution in [-0.2, 0) is 17.8 Å². The van der Waals surface area contributed by atoms with Crippen molar-refractivity contribution in [2.75, 3.05) is 0 Å². The van der Waals surface area contributed by atoms with Crippen LogP contribution in [0.2, 0.25) is 0 Å². The molecule has 24 heavy (non-hydrogen) atoms. The minimum Gasteiger partial charge on any atom is -0.347 e. The number of halogens is 1. The molecule has 2 aromatic carbocycles. The Morgan fingerprint density at radius 1 is 1.04 bits per heavy atom. The van der Waals surface area contributed by atoms with Gasteiger partial charge in [-0.15, -0.1) is 0 Å². The Hall–Kier alpha value is -2.47. The van der Waals surface area contributed by atoms with E-state index in [4.69, 9.17) is 0 Å². The van der Waals surface area contributed by atoms with Crippen LogP contribution in [0.4, 0.5) is 0 Å². The molecule has 0 aliphatic rings. The molecule has 1 amide bonds. The number of hydrogen-bond donors (Lipinski definition) is 1. The van der Waals surface area contributed by atoms with Gasteiger partial charge >= 0.3 is 0 Å². The van der Waals surface area contributed by atoms with Gasteiger partial charge in [-0.3, -0.25) is 4.79 Å². The summed E-state index contributed by atoms with van der Waals surface area (Å²) in [5, 5.41) is 11.3. The van der Waals surface area contributed by atoms with E-state index in [0.29, 0.717) is 13.0 Å². The molecule has 1 atom stereocenters. The van der Waals surface area contributed by atoms with Crippen LogP contribution in [-0.4, -0.2) is 20.9 Å². The lowest BCUT2D eigenvalue weighted by Crippen LogP contribution is -2.33. The third kappa shape index (κ3) is 4.52. The van der Waals surface area contributed by atoms with Crippen molar-refractivity contribution < 1.29 is 4.79 Å². The molecule has 0 aliphatic heterocycles. The fraction of sp³-hybridized carbons (Fsp3) is 0.167. The maximum Gasteiger partial charge on any atom is 0.224 e. The summed E-state index contributed by atoms with van der Waals surface area (Å²) in [6.07, 6.45) is 3.60. The lowest BCUT2D eigenvalue weighted by molar-refractivity contribution is -0.121. The molecule has 122 valence electrons. The van der Waals surface area contributed by atoms with Gasteiger partial charge in [-0.2, -0.15) is 15.0 Å². The molecular formula is C18H17BrN4O. The van der Waals surface area contributed by atoms with Crippen molar-refractivity contribution in [3.05, 3.63) is 82.6 Å². The number of aromatic nitrogens is 3. The Balaban J connectivity index is 1.71. The van der Waals surface area contributed by atoms with E-state index >= 15 is 0 Å². The highest BCUT2D eigenvalue weighted by molar-refractivity contribution is 9.10.